The molecule has 0 aliphatic carbocycles. The first-order chi connectivity index (χ1) is 5.42. The summed E-state index contributed by atoms with van der Waals surface area (Å²) in [6, 6.07) is 0. The minimum atomic E-state index is 0.381. The number of thioether (sulfide) groups is 1. The fourth-order valence-corrected chi connectivity index (χ4v) is 1.85. The molecule has 0 fully saturated rings. The molecule has 3 heteroatoms. The number of allylic oxidation sites excluding steroid dienone is 3. The van der Waals surface area contributed by atoms with Crippen molar-refractivity contribution in [3.63, 3.8) is 0 Å². The summed E-state index contributed by atoms with van der Waals surface area (Å²) in [6.45, 7) is 0. The van der Waals surface area contributed by atoms with Crippen LogP contribution in [-0.4, -0.2) is 16.7 Å². The van der Waals surface area contributed by atoms with E-state index in [9.17, 15) is 0 Å². The van der Waals surface area contributed by atoms with E-state index < -0.39 is 0 Å². The summed E-state index contributed by atoms with van der Waals surface area (Å²) in [6.07, 6.45) is 12.4. The Hall–Kier alpha value is -0.830. The van der Waals surface area contributed by atoms with Crippen LogP contribution in [-0.2, 0) is 0 Å². The Morgan fingerprint density at radius 1 is 1.55 bits per heavy atom. The molecule has 0 spiro atoms. The van der Waals surface area contributed by atoms with Gasteiger partial charge in [-0.2, -0.15) is 0 Å². The van der Waals surface area contributed by atoms with E-state index in [-0.39, 0.29) is 0 Å². The number of nitrogens with one attached hydrogen (secondary N) is 1. The molecule has 2 heterocycles. The van der Waals surface area contributed by atoms with Crippen molar-refractivity contribution >= 4 is 11.8 Å². The van der Waals surface area contributed by atoms with Crippen LogP contribution < -0.4 is 5.32 Å². The molecule has 2 aliphatic rings. The minimum Gasteiger partial charge on any atom is -0.361 e. The van der Waals surface area contributed by atoms with Gasteiger partial charge in [0.1, 0.15) is 0 Å². The van der Waals surface area contributed by atoms with Crippen LogP contribution in [0.2, 0.25) is 0 Å². The predicted molar refractivity (Wildman–Crippen MR) is 48.6 cm³/mol. The SMILES string of the molecule is CSC1NC=C2C=CC=CN21. The van der Waals surface area contributed by atoms with Crippen molar-refractivity contribution in [1.82, 2.24) is 10.2 Å². The van der Waals surface area contributed by atoms with Crippen LogP contribution in [0.5, 0.6) is 0 Å². The highest BCUT2D eigenvalue weighted by atomic mass is 32.2. The van der Waals surface area contributed by atoms with E-state index in [1.807, 2.05) is 18.4 Å². The van der Waals surface area contributed by atoms with Crippen molar-refractivity contribution in [2.24, 2.45) is 0 Å². The van der Waals surface area contributed by atoms with Crippen molar-refractivity contribution in [3.05, 3.63) is 36.3 Å². The average Bonchev–Trinajstić information content (AvgIpc) is 2.47. The first-order valence-corrected chi connectivity index (χ1v) is 4.83. The number of fused-ring (bicyclic) bond motifs is 1. The van der Waals surface area contributed by atoms with Crippen molar-refractivity contribution in [2.45, 2.75) is 5.50 Å². The van der Waals surface area contributed by atoms with Gasteiger partial charge in [0.2, 0.25) is 0 Å². The molecule has 0 aromatic carbocycles. The third-order valence-corrected chi connectivity index (χ3v) is 2.58. The molecule has 0 bridgehead atoms. The van der Waals surface area contributed by atoms with Crippen LogP contribution in [0, 0.1) is 0 Å². The second-order valence-electron chi connectivity index (χ2n) is 2.43. The molecule has 1 N–H and O–H groups in total. The predicted octanol–water partition coefficient (Wildman–Crippen LogP) is 1.46. The zero-order chi connectivity index (χ0) is 7.68. The summed E-state index contributed by atoms with van der Waals surface area (Å²) >= 11 is 1.80. The quantitative estimate of drug-likeness (QED) is 0.635. The monoisotopic (exact) mass is 166 g/mol. The third-order valence-electron chi connectivity index (χ3n) is 1.77. The summed E-state index contributed by atoms with van der Waals surface area (Å²) in [7, 11) is 0. The Morgan fingerprint density at radius 2 is 2.45 bits per heavy atom. The van der Waals surface area contributed by atoms with Crippen molar-refractivity contribution in [2.75, 3.05) is 6.26 Å². The normalized spacial score (nSPS) is 26.5. The second kappa shape index (κ2) is 2.66. The van der Waals surface area contributed by atoms with Gasteiger partial charge in [-0.1, -0.05) is 6.08 Å². The van der Waals surface area contributed by atoms with Crippen LogP contribution >= 0.6 is 11.8 Å². The van der Waals surface area contributed by atoms with E-state index >= 15 is 0 Å². The summed E-state index contributed by atoms with van der Waals surface area (Å²) in [5.74, 6) is 0. The average molecular weight is 166 g/mol. The van der Waals surface area contributed by atoms with E-state index in [4.69, 9.17) is 0 Å². The molecule has 0 saturated heterocycles. The van der Waals surface area contributed by atoms with Gasteiger partial charge < -0.3 is 10.2 Å². The van der Waals surface area contributed by atoms with Gasteiger partial charge in [0.05, 0.1) is 5.70 Å². The van der Waals surface area contributed by atoms with E-state index in [0.717, 1.165) is 0 Å². The van der Waals surface area contributed by atoms with Crippen LogP contribution in [0.4, 0.5) is 0 Å². The Kier molecular flexibility index (Phi) is 1.66. The van der Waals surface area contributed by atoms with Crippen LogP contribution in [0.15, 0.2) is 36.3 Å². The van der Waals surface area contributed by atoms with Crippen LogP contribution in [0.1, 0.15) is 0 Å². The summed E-state index contributed by atoms with van der Waals surface area (Å²) < 4.78 is 0. The molecule has 11 heavy (non-hydrogen) atoms. The lowest BCUT2D eigenvalue weighted by molar-refractivity contribution is 0.460. The molecule has 0 radical (unpaired) electrons. The molecule has 1 atom stereocenters. The maximum Gasteiger partial charge on any atom is 0.151 e. The van der Waals surface area contributed by atoms with Gasteiger partial charge in [-0.25, -0.2) is 0 Å². The van der Waals surface area contributed by atoms with Crippen molar-refractivity contribution in [3.8, 4) is 0 Å². The first-order valence-electron chi connectivity index (χ1n) is 3.54. The maximum absolute atomic E-state index is 3.27. The van der Waals surface area contributed by atoms with E-state index in [0.29, 0.717) is 5.50 Å². The third kappa shape index (κ3) is 1.05. The lowest BCUT2D eigenvalue weighted by atomic mass is 10.3. The van der Waals surface area contributed by atoms with Gasteiger partial charge in [-0.05, 0) is 18.4 Å². The van der Waals surface area contributed by atoms with E-state index in [1.54, 1.807) is 11.8 Å². The fraction of sp³-hybridized carbons (Fsp3) is 0.250. The number of nitrogens with zero attached hydrogens (tertiary/aromatic N) is 1. The topological polar surface area (TPSA) is 15.3 Å². The molecule has 58 valence electrons. The molecule has 0 aromatic rings. The molecule has 0 saturated carbocycles. The summed E-state index contributed by atoms with van der Waals surface area (Å²) in [5.41, 5.74) is 1.62. The second-order valence-corrected chi connectivity index (χ2v) is 3.35. The number of rotatable bonds is 1. The Balaban J connectivity index is 2.21. The largest absolute Gasteiger partial charge is 0.361 e. The first kappa shape index (κ1) is 6.85. The van der Waals surface area contributed by atoms with E-state index in [2.05, 4.69) is 28.7 Å². The van der Waals surface area contributed by atoms with E-state index in [1.165, 1.54) is 5.70 Å². The highest BCUT2D eigenvalue weighted by Gasteiger charge is 2.21. The van der Waals surface area contributed by atoms with Gasteiger partial charge in [-0.3, -0.25) is 0 Å². The molecular weight excluding hydrogens is 156 g/mol. The van der Waals surface area contributed by atoms with Gasteiger partial charge in [0, 0.05) is 12.4 Å². The number of hydrogen-bond donors (Lipinski definition) is 1. The molecule has 2 aliphatic heterocycles. The maximum atomic E-state index is 3.27. The minimum absolute atomic E-state index is 0.381. The summed E-state index contributed by atoms with van der Waals surface area (Å²) in [5, 5.41) is 3.27. The van der Waals surface area contributed by atoms with Gasteiger partial charge in [0.15, 0.2) is 5.50 Å². The zero-order valence-corrected chi connectivity index (χ0v) is 7.14. The smallest absolute Gasteiger partial charge is 0.151 e. The lowest BCUT2D eigenvalue weighted by Crippen LogP contribution is -2.29. The summed E-state index contributed by atoms with van der Waals surface area (Å²) in [4.78, 5) is 2.21. The molecule has 2 nitrogen and oxygen atoms in total. The molecule has 2 rings (SSSR count). The lowest BCUT2D eigenvalue weighted by Gasteiger charge is -2.23. The molecule has 0 amide bonds. The van der Waals surface area contributed by atoms with Gasteiger partial charge >= 0.3 is 0 Å². The standard InChI is InChI=1S/C8H10N2S/c1-11-8-9-6-7-4-2-3-5-10(7)8/h2-6,8-9H,1H3. The van der Waals surface area contributed by atoms with Crippen LogP contribution in [0.3, 0.4) is 0 Å². The zero-order valence-electron chi connectivity index (χ0n) is 6.32. The highest BCUT2D eigenvalue weighted by molar-refractivity contribution is 7.99. The number of hydrogen-bond acceptors (Lipinski definition) is 3. The van der Waals surface area contributed by atoms with Crippen molar-refractivity contribution in [1.29, 1.82) is 0 Å². The molecule has 1 unspecified atom stereocenters. The van der Waals surface area contributed by atoms with Crippen molar-refractivity contribution < 1.29 is 0 Å². The fourth-order valence-electron chi connectivity index (χ4n) is 1.22. The van der Waals surface area contributed by atoms with Gasteiger partial charge in [-0.15, -0.1) is 11.8 Å². The van der Waals surface area contributed by atoms with Crippen LogP contribution in [0.25, 0.3) is 0 Å². The molecule has 0 aromatic heterocycles. The molecular formula is C8H10N2S. The van der Waals surface area contributed by atoms with Gasteiger partial charge in [0.25, 0.3) is 0 Å². The Labute approximate surface area is 70.6 Å². The Morgan fingerprint density at radius 3 is 3.27 bits per heavy atom. The Bertz CT molecular complexity index is 242. The highest BCUT2D eigenvalue weighted by Crippen LogP contribution is 2.24.